The van der Waals surface area contributed by atoms with E-state index >= 15 is 0 Å². The largest absolute Gasteiger partial charge is 0.334 e. The zero-order valence-electron chi connectivity index (χ0n) is 17.8. The second kappa shape index (κ2) is 8.39. The summed E-state index contributed by atoms with van der Waals surface area (Å²) in [5, 5.41) is 1.00. The molecule has 172 valence electrons. The molecule has 3 aromatic carbocycles. The number of carbonyl (C=O) groups is 2. The number of rotatable bonds is 3. The van der Waals surface area contributed by atoms with Crippen molar-refractivity contribution in [2.75, 3.05) is 6.54 Å². The number of hydrogen-bond donors (Lipinski definition) is 1. The topological polar surface area (TPSA) is 96.7 Å². The Morgan fingerprint density at radius 2 is 1.56 bits per heavy atom. The molecule has 7 nitrogen and oxygen atoms in total. The van der Waals surface area contributed by atoms with Crippen LogP contribution in [0.2, 0.25) is 5.02 Å². The molecule has 1 N–H and O–H groups in total. The summed E-state index contributed by atoms with van der Waals surface area (Å²) in [4.78, 5) is 28.0. The lowest BCUT2D eigenvalue weighted by atomic mass is 10.0. The SMILES string of the molecule is O=C(c1ccccc1)N1CCc2c(c3cc(S(=O)(=O)O)ccc3n2C(=O)c2ccc(Cl)cc2)C1. The maximum absolute atomic E-state index is 13.5. The Morgan fingerprint density at radius 1 is 0.882 bits per heavy atom. The fourth-order valence-corrected chi connectivity index (χ4v) is 5.02. The van der Waals surface area contributed by atoms with Crippen LogP contribution < -0.4 is 0 Å². The zero-order valence-corrected chi connectivity index (χ0v) is 19.4. The number of halogens is 1. The molecule has 0 saturated carbocycles. The van der Waals surface area contributed by atoms with Gasteiger partial charge in [-0.05, 0) is 54.6 Å². The van der Waals surface area contributed by atoms with Gasteiger partial charge in [-0.25, -0.2) is 0 Å². The standard InChI is InChI=1S/C25H19ClN2O5S/c26-18-8-6-17(7-9-18)25(30)28-22-11-10-19(34(31,32)33)14-20(22)21-15-27(13-12-23(21)28)24(29)16-4-2-1-3-5-16/h1-11,14H,12-13,15H2,(H,31,32,33). The summed E-state index contributed by atoms with van der Waals surface area (Å²) < 4.78 is 34.7. The average Bonchev–Trinajstić information content (AvgIpc) is 3.16. The fraction of sp³-hybridized carbons (Fsp3) is 0.120. The molecule has 0 radical (unpaired) electrons. The van der Waals surface area contributed by atoms with Gasteiger partial charge in [0.25, 0.3) is 21.9 Å². The summed E-state index contributed by atoms with van der Waals surface area (Å²) in [5.41, 5.74) is 2.86. The van der Waals surface area contributed by atoms with E-state index in [2.05, 4.69) is 0 Å². The third kappa shape index (κ3) is 3.90. The number of hydrogen-bond acceptors (Lipinski definition) is 4. The van der Waals surface area contributed by atoms with Crippen molar-refractivity contribution in [2.45, 2.75) is 17.9 Å². The van der Waals surface area contributed by atoms with Gasteiger partial charge in [0.05, 0.1) is 10.4 Å². The van der Waals surface area contributed by atoms with Gasteiger partial charge in [-0.3, -0.25) is 18.7 Å². The Bertz CT molecular complexity index is 1540. The highest BCUT2D eigenvalue weighted by Crippen LogP contribution is 2.34. The van der Waals surface area contributed by atoms with Crippen LogP contribution in [0.5, 0.6) is 0 Å². The molecular formula is C25H19ClN2O5S. The maximum Gasteiger partial charge on any atom is 0.294 e. The van der Waals surface area contributed by atoms with Gasteiger partial charge in [0.2, 0.25) is 0 Å². The Morgan fingerprint density at radius 3 is 2.24 bits per heavy atom. The number of amides is 1. The molecule has 0 bridgehead atoms. The molecule has 0 unspecified atom stereocenters. The van der Waals surface area contributed by atoms with E-state index in [9.17, 15) is 22.6 Å². The van der Waals surface area contributed by atoms with Gasteiger partial charge >= 0.3 is 0 Å². The first-order valence-corrected chi connectivity index (χ1v) is 12.3. The maximum atomic E-state index is 13.5. The number of benzene rings is 3. The number of fused-ring (bicyclic) bond motifs is 3. The Labute approximate surface area is 200 Å². The average molecular weight is 495 g/mol. The Hall–Kier alpha value is -3.46. The van der Waals surface area contributed by atoms with Crippen LogP contribution in [0.3, 0.4) is 0 Å². The number of aromatic nitrogens is 1. The molecule has 9 heteroatoms. The molecule has 0 atom stereocenters. The highest BCUT2D eigenvalue weighted by molar-refractivity contribution is 7.85. The number of nitrogens with zero attached hydrogens (tertiary/aromatic N) is 2. The van der Waals surface area contributed by atoms with Gasteiger partial charge in [-0.15, -0.1) is 0 Å². The van der Waals surface area contributed by atoms with Crippen molar-refractivity contribution >= 4 is 44.4 Å². The molecule has 4 aromatic rings. The highest BCUT2D eigenvalue weighted by atomic mass is 35.5. The van der Waals surface area contributed by atoms with E-state index in [1.807, 2.05) is 6.07 Å². The predicted molar refractivity (Wildman–Crippen MR) is 128 cm³/mol. The van der Waals surface area contributed by atoms with Gasteiger partial charge in [-0.2, -0.15) is 8.42 Å². The summed E-state index contributed by atoms with van der Waals surface area (Å²) in [6.07, 6.45) is 0.406. The van der Waals surface area contributed by atoms with Crippen LogP contribution >= 0.6 is 11.6 Å². The van der Waals surface area contributed by atoms with Gasteiger partial charge in [0.1, 0.15) is 0 Å². The Balaban J connectivity index is 1.66. The fourth-order valence-electron chi connectivity index (χ4n) is 4.39. The summed E-state index contributed by atoms with van der Waals surface area (Å²) in [6.45, 7) is 0.603. The van der Waals surface area contributed by atoms with E-state index in [-0.39, 0.29) is 23.3 Å². The van der Waals surface area contributed by atoms with E-state index < -0.39 is 10.1 Å². The highest BCUT2D eigenvalue weighted by Gasteiger charge is 2.30. The minimum atomic E-state index is -4.45. The van der Waals surface area contributed by atoms with Crippen LogP contribution in [0, 0.1) is 0 Å². The molecule has 1 amide bonds. The van der Waals surface area contributed by atoms with Crippen molar-refractivity contribution in [1.82, 2.24) is 9.47 Å². The molecule has 0 aliphatic carbocycles. The van der Waals surface area contributed by atoms with Crippen molar-refractivity contribution in [3.8, 4) is 0 Å². The van der Waals surface area contributed by atoms with Crippen LogP contribution in [0.25, 0.3) is 10.9 Å². The summed E-state index contributed by atoms with van der Waals surface area (Å²) >= 11 is 5.97. The molecule has 34 heavy (non-hydrogen) atoms. The third-order valence-electron chi connectivity index (χ3n) is 6.02. The number of carbonyl (C=O) groups excluding carboxylic acids is 2. The first kappa shape index (κ1) is 22.3. The second-order valence-electron chi connectivity index (χ2n) is 8.07. The molecule has 1 aromatic heterocycles. The normalized spacial score (nSPS) is 13.6. The molecule has 2 heterocycles. The first-order chi connectivity index (χ1) is 16.2. The summed E-state index contributed by atoms with van der Waals surface area (Å²) in [6, 6.07) is 19.5. The molecule has 1 aliphatic rings. The van der Waals surface area contributed by atoms with Gasteiger partial charge in [0, 0.05) is 52.3 Å². The lowest BCUT2D eigenvalue weighted by molar-refractivity contribution is 0.0734. The van der Waals surface area contributed by atoms with Crippen LogP contribution in [0.1, 0.15) is 32.0 Å². The van der Waals surface area contributed by atoms with Gasteiger partial charge in [0.15, 0.2) is 0 Å². The summed E-state index contributed by atoms with van der Waals surface area (Å²) in [7, 11) is -4.45. The molecule has 5 rings (SSSR count). The minimum absolute atomic E-state index is 0.151. The zero-order chi connectivity index (χ0) is 24.0. The third-order valence-corrected chi connectivity index (χ3v) is 7.12. The van der Waals surface area contributed by atoms with Crippen molar-refractivity contribution in [2.24, 2.45) is 0 Å². The van der Waals surface area contributed by atoms with E-state index in [4.69, 9.17) is 11.6 Å². The van der Waals surface area contributed by atoms with Gasteiger partial charge < -0.3 is 4.90 Å². The van der Waals surface area contributed by atoms with Crippen LogP contribution in [-0.2, 0) is 23.1 Å². The molecule has 0 spiro atoms. The minimum Gasteiger partial charge on any atom is -0.334 e. The Kier molecular flexibility index (Phi) is 5.51. The van der Waals surface area contributed by atoms with E-state index in [1.165, 1.54) is 18.2 Å². The van der Waals surface area contributed by atoms with Crippen molar-refractivity contribution in [3.05, 3.63) is 100 Å². The monoisotopic (exact) mass is 494 g/mol. The molecular weight excluding hydrogens is 476 g/mol. The van der Waals surface area contributed by atoms with E-state index in [0.717, 1.165) is 0 Å². The van der Waals surface area contributed by atoms with Crippen molar-refractivity contribution < 1.29 is 22.6 Å². The second-order valence-corrected chi connectivity index (χ2v) is 9.93. The van der Waals surface area contributed by atoms with Gasteiger partial charge in [-0.1, -0.05) is 29.8 Å². The van der Waals surface area contributed by atoms with E-state index in [0.29, 0.717) is 51.3 Å². The molecule has 0 saturated heterocycles. The molecule has 1 aliphatic heterocycles. The lowest BCUT2D eigenvalue weighted by Gasteiger charge is -2.28. The molecule has 0 fully saturated rings. The van der Waals surface area contributed by atoms with Crippen molar-refractivity contribution in [1.29, 1.82) is 0 Å². The van der Waals surface area contributed by atoms with E-state index in [1.54, 1.807) is 58.0 Å². The van der Waals surface area contributed by atoms with Crippen LogP contribution in [0.4, 0.5) is 0 Å². The lowest BCUT2D eigenvalue weighted by Crippen LogP contribution is -2.36. The smallest absolute Gasteiger partial charge is 0.294 e. The van der Waals surface area contributed by atoms with Crippen LogP contribution in [0.15, 0.2) is 77.7 Å². The quantitative estimate of drug-likeness (QED) is 0.425. The summed E-state index contributed by atoms with van der Waals surface area (Å²) in [5.74, 6) is -0.438. The van der Waals surface area contributed by atoms with Crippen LogP contribution in [-0.4, -0.2) is 40.8 Å². The first-order valence-electron chi connectivity index (χ1n) is 10.5. The predicted octanol–water partition coefficient (Wildman–Crippen LogP) is 4.43. The van der Waals surface area contributed by atoms with Crippen molar-refractivity contribution in [3.63, 3.8) is 0 Å².